The Kier molecular flexibility index (Phi) is 2.83. The summed E-state index contributed by atoms with van der Waals surface area (Å²) >= 11 is 0. The SMILES string of the molecule is C=CC1(CC(=O)O)CCN(C2CC2)CC1. The fourth-order valence-corrected chi connectivity index (χ4v) is 2.53. The lowest BCUT2D eigenvalue weighted by Gasteiger charge is -2.39. The number of aliphatic carboxylic acids is 1. The molecule has 1 aliphatic carbocycles. The number of hydrogen-bond acceptors (Lipinski definition) is 2. The normalized spacial score (nSPS) is 26.1. The number of carboxylic acid groups (broad SMARTS) is 1. The summed E-state index contributed by atoms with van der Waals surface area (Å²) in [6.45, 7) is 5.90. The standard InChI is InChI=1S/C12H19NO2/c1-2-12(9-11(14)15)5-7-13(8-6-12)10-3-4-10/h2,10H,1,3-9H2,(H,14,15). The quantitative estimate of drug-likeness (QED) is 0.719. The highest BCUT2D eigenvalue weighted by molar-refractivity contribution is 5.68. The zero-order valence-electron chi connectivity index (χ0n) is 9.11. The molecular formula is C12H19NO2. The van der Waals surface area contributed by atoms with Crippen LogP contribution in [-0.4, -0.2) is 35.1 Å². The van der Waals surface area contributed by atoms with Crippen LogP contribution in [0, 0.1) is 5.41 Å². The van der Waals surface area contributed by atoms with Gasteiger partial charge >= 0.3 is 5.97 Å². The molecule has 1 saturated carbocycles. The Labute approximate surface area is 90.8 Å². The number of likely N-dealkylation sites (tertiary alicyclic amines) is 1. The van der Waals surface area contributed by atoms with E-state index in [1.807, 2.05) is 6.08 Å². The molecule has 0 unspecified atom stereocenters. The van der Waals surface area contributed by atoms with E-state index >= 15 is 0 Å². The molecule has 0 radical (unpaired) electrons. The highest BCUT2D eigenvalue weighted by Crippen LogP contribution is 2.39. The first-order valence-electron chi connectivity index (χ1n) is 5.75. The minimum atomic E-state index is -0.699. The number of nitrogens with zero attached hydrogens (tertiary/aromatic N) is 1. The van der Waals surface area contributed by atoms with E-state index in [-0.39, 0.29) is 11.8 Å². The maximum absolute atomic E-state index is 10.8. The molecule has 1 heterocycles. The van der Waals surface area contributed by atoms with Crippen molar-refractivity contribution in [3.05, 3.63) is 12.7 Å². The van der Waals surface area contributed by atoms with Crippen LogP contribution in [0.1, 0.15) is 32.1 Å². The molecule has 1 saturated heterocycles. The second kappa shape index (κ2) is 3.97. The Hall–Kier alpha value is -0.830. The molecule has 3 heteroatoms. The maximum atomic E-state index is 10.8. The number of rotatable bonds is 4. The van der Waals surface area contributed by atoms with Gasteiger partial charge in [-0.25, -0.2) is 0 Å². The van der Waals surface area contributed by atoms with Crippen LogP contribution in [0.3, 0.4) is 0 Å². The van der Waals surface area contributed by atoms with Crippen molar-refractivity contribution in [2.45, 2.75) is 38.1 Å². The van der Waals surface area contributed by atoms with E-state index in [4.69, 9.17) is 5.11 Å². The summed E-state index contributed by atoms with van der Waals surface area (Å²) in [5, 5.41) is 8.89. The first-order valence-corrected chi connectivity index (χ1v) is 5.75. The van der Waals surface area contributed by atoms with E-state index in [1.165, 1.54) is 12.8 Å². The summed E-state index contributed by atoms with van der Waals surface area (Å²) in [5.74, 6) is -0.699. The summed E-state index contributed by atoms with van der Waals surface area (Å²) in [7, 11) is 0. The van der Waals surface area contributed by atoms with Gasteiger partial charge in [-0.1, -0.05) is 6.08 Å². The molecule has 0 bridgehead atoms. The van der Waals surface area contributed by atoms with Gasteiger partial charge in [0.25, 0.3) is 0 Å². The van der Waals surface area contributed by atoms with Crippen molar-refractivity contribution in [1.29, 1.82) is 0 Å². The molecule has 2 rings (SSSR count). The van der Waals surface area contributed by atoms with Gasteiger partial charge in [-0.2, -0.15) is 0 Å². The van der Waals surface area contributed by atoms with Crippen LogP contribution in [0.25, 0.3) is 0 Å². The predicted molar refractivity (Wildman–Crippen MR) is 58.7 cm³/mol. The lowest BCUT2D eigenvalue weighted by molar-refractivity contribution is -0.139. The molecule has 0 atom stereocenters. The first kappa shape index (κ1) is 10.7. The highest BCUT2D eigenvalue weighted by atomic mass is 16.4. The molecule has 0 aromatic carbocycles. The maximum Gasteiger partial charge on any atom is 0.304 e. The third kappa shape index (κ3) is 2.40. The molecule has 1 N–H and O–H groups in total. The molecule has 1 aliphatic heterocycles. The molecular weight excluding hydrogens is 190 g/mol. The number of piperidine rings is 1. The summed E-state index contributed by atoms with van der Waals surface area (Å²) in [6, 6.07) is 0.803. The van der Waals surface area contributed by atoms with Crippen molar-refractivity contribution in [3.63, 3.8) is 0 Å². The van der Waals surface area contributed by atoms with Crippen LogP contribution < -0.4 is 0 Å². The van der Waals surface area contributed by atoms with Gasteiger partial charge < -0.3 is 10.0 Å². The van der Waals surface area contributed by atoms with Gasteiger partial charge in [0.15, 0.2) is 0 Å². The first-order chi connectivity index (χ1) is 7.15. The fraction of sp³-hybridized carbons (Fsp3) is 0.750. The summed E-state index contributed by atoms with van der Waals surface area (Å²) in [5.41, 5.74) is -0.142. The van der Waals surface area contributed by atoms with Crippen molar-refractivity contribution in [3.8, 4) is 0 Å². The molecule has 3 nitrogen and oxygen atoms in total. The zero-order chi connectivity index (χ0) is 10.9. The summed E-state index contributed by atoms with van der Waals surface area (Å²) in [4.78, 5) is 13.3. The van der Waals surface area contributed by atoms with E-state index in [9.17, 15) is 4.79 Å². The van der Waals surface area contributed by atoms with Crippen LogP contribution >= 0.6 is 0 Å². The fourth-order valence-electron chi connectivity index (χ4n) is 2.53. The second-order valence-corrected chi connectivity index (χ2v) is 4.90. The van der Waals surface area contributed by atoms with Gasteiger partial charge in [0.05, 0.1) is 6.42 Å². The Bertz CT molecular complexity index is 263. The average molecular weight is 209 g/mol. The van der Waals surface area contributed by atoms with Crippen molar-refractivity contribution in [2.24, 2.45) is 5.41 Å². The Balaban J connectivity index is 1.92. The number of hydrogen-bond donors (Lipinski definition) is 1. The van der Waals surface area contributed by atoms with Crippen molar-refractivity contribution >= 4 is 5.97 Å². The molecule has 84 valence electrons. The van der Waals surface area contributed by atoms with Crippen molar-refractivity contribution in [1.82, 2.24) is 4.90 Å². The van der Waals surface area contributed by atoms with E-state index in [0.717, 1.165) is 32.0 Å². The summed E-state index contributed by atoms with van der Waals surface area (Å²) in [6.07, 6.45) is 6.69. The van der Waals surface area contributed by atoms with Gasteiger partial charge in [-0.15, -0.1) is 6.58 Å². The van der Waals surface area contributed by atoms with Crippen molar-refractivity contribution in [2.75, 3.05) is 13.1 Å². The minimum Gasteiger partial charge on any atom is -0.481 e. The predicted octanol–water partition coefficient (Wildman–Crippen LogP) is 1.89. The van der Waals surface area contributed by atoms with Crippen LogP contribution in [0.2, 0.25) is 0 Å². The average Bonchev–Trinajstić information content (AvgIpc) is 3.01. The lowest BCUT2D eigenvalue weighted by atomic mass is 9.76. The Morgan fingerprint density at radius 3 is 2.47 bits per heavy atom. The molecule has 2 fully saturated rings. The van der Waals surface area contributed by atoms with E-state index in [1.54, 1.807) is 0 Å². The largest absolute Gasteiger partial charge is 0.481 e. The number of carbonyl (C=O) groups is 1. The number of allylic oxidation sites excluding steroid dienone is 1. The molecule has 2 aliphatic rings. The zero-order valence-corrected chi connectivity index (χ0v) is 9.11. The van der Waals surface area contributed by atoms with Crippen LogP contribution in [0.4, 0.5) is 0 Å². The van der Waals surface area contributed by atoms with Crippen LogP contribution in [-0.2, 0) is 4.79 Å². The van der Waals surface area contributed by atoms with E-state index in [2.05, 4.69) is 11.5 Å². The molecule has 0 aromatic heterocycles. The second-order valence-electron chi connectivity index (χ2n) is 4.90. The number of carboxylic acids is 1. The van der Waals surface area contributed by atoms with Gasteiger partial charge in [0.1, 0.15) is 0 Å². The summed E-state index contributed by atoms with van der Waals surface area (Å²) < 4.78 is 0. The van der Waals surface area contributed by atoms with Gasteiger partial charge in [0.2, 0.25) is 0 Å². The highest BCUT2D eigenvalue weighted by Gasteiger charge is 2.38. The van der Waals surface area contributed by atoms with E-state index in [0.29, 0.717) is 0 Å². The van der Waals surface area contributed by atoms with Gasteiger partial charge in [-0.05, 0) is 38.8 Å². The van der Waals surface area contributed by atoms with E-state index < -0.39 is 5.97 Å². The molecule has 15 heavy (non-hydrogen) atoms. The third-order valence-corrected chi connectivity index (χ3v) is 3.79. The van der Waals surface area contributed by atoms with Crippen LogP contribution in [0.15, 0.2) is 12.7 Å². The third-order valence-electron chi connectivity index (χ3n) is 3.79. The smallest absolute Gasteiger partial charge is 0.304 e. The van der Waals surface area contributed by atoms with Crippen molar-refractivity contribution < 1.29 is 9.90 Å². The Morgan fingerprint density at radius 2 is 2.07 bits per heavy atom. The molecule has 0 amide bonds. The lowest BCUT2D eigenvalue weighted by Crippen LogP contribution is -2.41. The monoisotopic (exact) mass is 209 g/mol. The van der Waals surface area contributed by atoms with Crippen LogP contribution in [0.5, 0.6) is 0 Å². The molecule has 0 spiro atoms. The Morgan fingerprint density at radius 1 is 1.47 bits per heavy atom. The topological polar surface area (TPSA) is 40.5 Å². The molecule has 0 aromatic rings. The van der Waals surface area contributed by atoms with Gasteiger partial charge in [0, 0.05) is 11.5 Å². The van der Waals surface area contributed by atoms with Gasteiger partial charge in [-0.3, -0.25) is 4.79 Å². The minimum absolute atomic E-state index is 0.142.